The maximum absolute atomic E-state index is 12.7. The molecule has 2 aromatic rings. The summed E-state index contributed by atoms with van der Waals surface area (Å²) in [5.74, 6) is 1.88. The van der Waals surface area contributed by atoms with E-state index in [9.17, 15) is 4.79 Å². The second-order valence-electron chi connectivity index (χ2n) is 7.62. The van der Waals surface area contributed by atoms with Crippen LogP contribution in [0.15, 0.2) is 42.7 Å². The van der Waals surface area contributed by atoms with Crippen LogP contribution in [-0.4, -0.2) is 47.4 Å². The van der Waals surface area contributed by atoms with Crippen molar-refractivity contribution in [2.75, 3.05) is 36.5 Å². The lowest BCUT2D eigenvalue weighted by Crippen LogP contribution is -2.39. The van der Waals surface area contributed by atoms with Gasteiger partial charge in [-0.1, -0.05) is 12.1 Å². The molecule has 1 N–H and O–H groups in total. The molecule has 0 radical (unpaired) electrons. The molecule has 0 saturated carbocycles. The van der Waals surface area contributed by atoms with Crippen molar-refractivity contribution in [3.8, 4) is 0 Å². The first kappa shape index (κ1) is 20.2. The summed E-state index contributed by atoms with van der Waals surface area (Å²) < 4.78 is 5.43. The molecule has 7 heteroatoms. The summed E-state index contributed by atoms with van der Waals surface area (Å²) in [6, 6.07) is 10.1. The Morgan fingerprint density at radius 2 is 1.86 bits per heavy atom. The third-order valence-electron chi connectivity index (χ3n) is 5.55. The summed E-state index contributed by atoms with van der Waals surface area (Å²) in [5, 5.41) is 3.81. The van der Waals surface area contributed by atoms with Gasteiger partial charge in [0.15, 0.2) is 0 Å². The normalized spacial score (nSPS) is 18.6. The molecule has 2 aliphatic heterocycles. The summed E-state index contributed by atoms with van der Waals surface area (Å²) in [6.07, 6.45) is 7.43. The minimum Gasteiger partial charge on any atom is -0.381 e. The fourth-order valence-corrected chi connectivity index (χ4v) is 4.97. The Hall–Kier alpha value is -2.12. The van der Waals surface area contributed by atoms with Crippen molar-refractivity contribution in [1.82, 2.24) is 9.97 Å². The van der Waals surface area contributed by atoms with E-state index >= 15 is 0 Å². The maximum atomic E-state index is 12.7. The van der Waals surface area contributed by atoms with Crippen LogP contribution in [0.5, 0.6) is 0 Å². The Morgan fingerprint density at radius 3 is 2.62 bits per heavy atom. The lowest BCUT2D eigenvalue weighted by Gasteiger charge is -2.31. The van der Waals surface area contributed by atoms with Gasteiger partial charge in [-0.3, -0.25) is 4.79 Å². The molecule has 29 heavy (non-hydrogen) atoms. The van der Waals surface area contributed by atoms with E-state index in [2.05, 4.69) is 32.3 Å². The maximum Gasteiger partial charge on any atom is 0.227 e. The Morgan fingerprint density at radius 1 is 1.10 bits per heavy atom. The smallest absolute Gasteiger partial charge is 0.227 e. The molecular weight excluding hydrogens is 384 g/mol. The van der Waals surface area contributed by atoms with Gasteiger partial charge in [-0.25, -0.2) is 9.97 Å². The summed E-state index contributed by atoms with van der Waals surface area (Å²) in [4.78, 5) is 23.5. The minimum absolute atomic E-state index is 0.0373. The van der Waals surface area contributed by atoms with Crippen LogP contribution in [0.4, 0.5) is 11.6 Å². The van der Waals surface area contributed by atoms with Gasteiger partial charge in [-0.2, -0.15) is 11.8 Å². The van der Waals surface area contributed by atoms with Gasteiger partial charge in [0.1, 0.15) is 0 Å². The number of rotatable bonds is 6. The predicted octanol–water partition coefficient (Wildman–Crippen LogP) is 3.74. The molecular formula is C22H28N4O2S. The van der Waals surface area contributed by atoms with Gasteiger partial charge < -0.3 is 15.0 Å². The van der Waals surface area contributed by atoms with E-state index in [0.29, 0.717) is 5.25 Å². The first-order valence-electron chi connectivity index (χ1n) is 10.4. The average Bonchev–Trinajstić information content (AvgIpc) is 2.79. The number of aromatic nitrogens is 2. The lowest BCUT2D eigenvalue weighted by atomic mass is 9.96. The molecule has 0 atom stereocenters. The molecule has 2 fully saturated rings. The highest BCUT2D eigenvalue weighted by atomic mass is 32.2. The van der Waals surface area contributed by atoms with Crippen molar-refractivity contribution in [2.45, 2.75) is 36.7 Å². The van der Waals surface area contributed by atoms with Crippen LogP contribution in [0.2, 0.25) is 0 Å². The summed E-state index contributed by atoms with van der Waals surface area (Å²) >= 11 is 1.99. The molecule has 3 heterocycles. The molecule has 0 unspecified atom stereocenters. The van der Waals surface area contributed by atoms with Crippen molar-refractivity contribution in [1.29, 1.82) is 0 Å². The zero-order valence-electron chi connectivity index (χ0n) is 16.6. The van der Waals surface area contributed by atoms with Gasteiger partial charge >= 0.3 is 0 Å². The van der Waals surface area contributed by atoms with Gasteiger partial charge in [0.05, 0.1) is 0 Å². The van der Waals surface area contributed by atoms with Crippen LogP contribution in [0.1, 0.15) is 31.2 Å². The molecule has 6 nitrogen and oxygen atoms in total. The van der Waals surface area contributed by atoms with Gasteiger partial charge in [-0.15, -0.1) is 0 Å². The number of nitrogens with zero attached hydrogens (tertiary/aromatic N) is 3. The van der Waals surface area contributed by atoms with Crippen LogP contribution in [-0.2, 0) is 15.3 Å². The molecule has 2 aliphatic rings. The number of thioether (sulfide) groups is 1. The number of hydrogen-bond acceptors (Lipinski definition) is 6. The molecule has 0 spiro atoms. The number of anilines is 2. The molecule has 1 aromatic heterocycles. The molecule has 1 aromatic carbocycles. The number of benzene rings is 1. The Balaban J connectivity index is 1.26. The lowest BCUT2D eigenvalue weighted by molar-refractivity contribution is -0.120. The van der Waals surface area contributed by atoms with Crippen LogP contribution < -0.4 is 10.2 Å². The van der Waals surface area contributed by atoms with Crippen LogP contribution >= 0.6 is 11.8 Å². The number of amides is 1. The summed E-state index contributed by atoms with van der Waals surface area (Å²) in [6.45, 7) is 3.37. The first-order valence-corrected chi connectivity index (χ1v) is 11.4. The zero-order valence-corrected chi connectivity index (χ0v) is 17.4. The monoisotopic (exact) mass is 412 g/mol. The van der Waals surface area contributed by atoms with Crippen LogP contribution in [0.25, 0.3) is 0 Å². The fourth-order valence-electron chi connectivity index (χ4n) is 3.84. The minimum atomic E-state index is 0.0373. The number of hydrogen-bond donors (Lipinski definition) is 1. The molecule has 1 amide bonds. The summed E-state index contributed by atoms with van der Waals surface area (Å²) in [7, 11) is 0. The SMILES string of the molecule is O=C(Nc1cccc(CSC2CCOCC2)c1)C1CCN(c2ncccn2)CC1. The molecule has 154 valence electrons. The van der Waals surface area contributed by atoms with E-state index < -0.39 is 0 Å². The second kappa shape index (κ2) is 10.1. The van der Waals surface area contributed by atoms with E-state index in [-0.39, 0.29) is 11.8 Å². The standard InChI is InChI=1S/C22H28N4O2S/c27-21(18-5-11-26(12-6-18)22-23-9-2-10-24-22)25-19-4-1-3-17(15-19)16-29-20-7-13-28-14-8-20/h1-4,9-10,15,18,20H,5-8,11-14,16H2,(H,25,27). The quantitative estimate of drug-likeness (QED) is 0.780. The second-order valence-corrected chi connectivity index (χ2v) is 8.91. The van der Waals surface area contributed by atoms with E-state index in [0.717, 1.165) is 69.4 Å². The van der Waals surface area contributed by atoms with Crippen molar-refractivity contribution >= 4 is 29.3 Å². The largest absolute Gasteiger partial charge is 0.381 e. The van der Waals surface area contributed by atoms with E-state index in [1.54, 1.807) is 12.4 Å². The van der Waals surface area contributed by atoms with Gasteiger partial charge in [0, 0.05) is 61.3 Å². The number of carbonyl (C=O) groups is 1. The van der Waals surface area contributed by atoms with Gasteiger partial charge in [0.2, 0.25) is 11.9 Å². The van der Waals surface area contributed by atoms with Crippen LogP contribution in [0.3, 0.4) is 0 Å². The van der Waals surface area contributed by atoms with Gasteiger partial charge in [-0.05, 0) is 49.4 Å². The van der Waals surface area contributed by atoms with Crippen molar-refractivity contribution in [3.05, 3.63) is 48.3 Å². The molecule has 0 bridgehead atoms. The Bertz CT molecular complexity index is 790. The number of piperidine rings is 1. The molecule has 4 rings (SSSR count). The third kappa shape index (κ3) is 5.70. The van der Waals surface area contributed by atoms with Crippen LogP contribution in [0, 0.1) is 5.92 Å². The third-order valence-corrected chi connectivity index (χ3v) is 6.99. The highest BCUT2D eigenvalue weighted by molar-refractivity contribution is 7.99. The molecule has 0 aliphatic carbocycles. The van der Waals surface area contributed by atoms with E-state index in [1.807, 2.05) is 30.0 Å². The van der Waals surface area contributed by atoms with Gasteiger partial charge in [0.25, 0.3) is 0 Å². The van der Waals surface area contributed by atoms with Crippen molar-refractivity contribution in [2.24, 2.45) is 5.92 Å². The Kier molecular flexibility index (Phi) is 7.00. The Labute approximate surface area is 176 Å². The number of carbonyl (C=O) groups excluding carboxylic acids is 1. The van der Waals surface area contributed by atoms with E-state index in [4.69, 9.17) is 4.74 Å². The van der Waals surface area contributed by atoms with Crippen molar-refractivity contribution < 1.29 is 9.53 Å². The first-order chi connectivity index (χ1) is 14.3. The van der Waals surface area contributed by atoms with Crippen molar-refractivity contribution in [3.63, 3.8) is 0 Å². The zero-order chi connectivity index (χ0) is 19.9. The topological polar surface area (TPSA) is 67.3 Å². The predicted molar refractivity (Wildman–Crippen MR) is 117 cm³/mol. The average molecular weight is 413 g/mol. The number of ether oxygens (including phenoxy) is 1. The van der Waals surface area contributed by atoms with E-state index in [1.165, 1.54) is 5.56 Å². The highest BCUT2D eigenvalue weighted by Gasteiger charge is 2.26. The summed E-state index contributed by atoms with van der Waals surface area (Å²) in [5.41, 5.74) is 2.16. The highest BCUT2D eigenvalue weighted by Crippen LogP contribution is 2.27. The fraction of sp³-hybridized carbons (Fsp3) is 0.500. The number of nitrogens with one attached hydrogen (secondary N) is 1. The molecule has 2 saturated heterocycles.